The third-order valence-electron chi connectivity index (χ3n) is 3.00. The topological polar surface area (TPSA) is 82.2 Å². The zero-order chi connectivity index (χ0) is 16.1. The third kappa shape index (κ3) is 3.98. The highest BCUT2D eigenvalue weighted by Gasteiger charge is 2.16. The molecule has 3 N–H and O–H groups in total. The van der Waals surface area contributed by atoms with Gasteiger partial charge in [-0.1, -0.05) is 35.3 Å². The first-order valence-corrected chi connectivity index (χ1v) is 7.28. The molecule has 0 aliphatic carbocycles. The number of halogens is 2. The van der Waals surface area contributed by atoms with E-state index in [1.54, 1.807) is 29.1 Å². The van der Waals surface area contributed by atoms with Crippen molar-refractivity contribution in [3.8, 4) is 0 Å². The maximum Gasteiger partial charge on any atom is 0.244 e. The summed E-state index contributed by atoms with van der Waals surface area (Å²) in [6.45, 7) is 0.515. The van der Waals surface area contributed by atoms with E-state index in [1.165, 1.54) is 7.11 Å². The summed E-state index contributed by atoms with van der Waals surface area (Å²) in [4.78, 5) is 11.9. The number of benzene rings is 1. The normalized spacial score (nSPS) is 12.2. The van der Waals surface area contributed by atoms with E-state index in [-0.39, 0.29) is 12.5 Å². The molecule has 1 unspecified atom stereocenters. The lowest BCUT2D eigenvalue weighted by Gasteiger charge is -2.13. The second-order valence-electron chi connectivity index (χ2n) is 4.64. The Kier molecular flexibility index (Phi) is 5.79. The molecule has 22 heavy (non-hydrogen) atoms. The number of nitrogens with one attached hydrogen (secondary N) is 1. The third-order valence-corrected chi connectivity index (χ3v) is 3.86. The van der Waals surface area contributed by atoms with Crippen LogP contribution < -0.4 is 11.1 Å². The van der Waals surface area contributed by atoms with Gasteiger partial charge in [0.25, 0.3) is 0 Å². The van der Waals surface area contributed by atoms with Crippen LogP contribution in [0.25, 0.3) is 0 Å². The van der Waals surface area contributed by atoms with E-state index < -0.39 is 6.04 Å². The van der Waals surface area contributed by atoms with Gasteiger partial charge in [-0.05, 0) is 11.6 Å². The predicted octanol–water partition coefficient (Wildman–Crippen LogP) is 2.15. The highest BCUT2D eigenvalue weighted by Crippen LogP contribution is 2.26. The molecular formula is C14H16Cl2N4O2. The van der Waals surface area contributed by atoms with E-state index >= 15 is 0 Å². The van der Waals surface area contributed by atoms with Crippen molar-refractivity contribution in [3.63, 3.8) is 0 Å². The molecule has 0 saturated heterocycles. The van der Waals surface area contributed by atoms with Crippen LogP contribution in [0.1, 0.15) is 5.56 Å². The highest BCUT2D eigenvalue weighted by atomic mass is 35.5. The Hall–Kier alpha value is -1.60. The van der Waals surface area contributed by atoms with E-state index in [2.05, 4.69) is 10.4 Å². The van der Waals surface area contributed by atoms with Crippen molar-refractivity contribution >= 4 is 34.9 Å². The van der Waals surface area contributed by atoms with Crippen LogP contribution in [0.15, 0.2) is 30.5 Å². The van der Waals surface area contributed by atoms with Crippen LogP contribution in [-0.2, 0) is 16.1 Å². The Bertz CT molecular complexity index is 660. The average Bonchev–Trinajstić information content (AvgIpc) is 2.91. The molecule has 2 rings (SSSR count). The van der Waals surface area contributed by atoms with E-state index in [4.69, 9.17) is 33.7 Å². The number of anilines is 1. The van der Waals surface area contributed by atoms with Crippen LogP contribution >= 0.6 is 23.2 Å². The minimum Gasteiger partial charge on any atom is -0.383 e. The first-order valence-electron chi connectivity index (χ1n) is 6.53. The Morgan fingerprint density at radius 2 is 2.23 bits per heavy atom. The molecule has 0 saturated carbocycles. The van der Waals surface area contributed by atoms with E-state index in [0.29, 0.717) is 22.4 Å². The van der Waals surface area contributed by atoms with Crippen molar-refractivity contribution in [1.82, 2.24) is 9.78 Å². The maximum absolute atomic E-state index is 11.9. The molecule has 1 amide bonds. The van der Waals surface area contributed by atoms with Crippen LogP contribution in [-0.4, -0.2) is 35.4 Å². The Balaban J connectivity index is 2.13. The number of hydrogen-bond donors (Lipinski definition) is 2. The zero-order valence-corrected chi connectivity index (χ0v) is 13.4. The SMILES string of the molecule is COCC(N)C(=O)Nc1ccnn1Cc1cccc(Cl)c1Cl. The van der Waals surface area contributed by atoms with Crippen molar-refractivity contribution in [2.24, 2.45) is 5.73 Å². The number of nitrogens with zero attached hydrogens (tertiary/aromatic N) is 2. The largest absolute Gasteiger partial charge is 0.383 e. The van der Waals surface area contributed by atoms with Crippen LogP contribution in [0.2, 0.25) is 10.0 Å². The smallest absolute Gasteiger partial charge is 0.244 e. The van der Waals surface area contributed by atoms with Crippen molar-refractivity contribution in [2.75, 3.05) is 19.0 Å². The van der Waals surface area contributed by atoms with E-state index in [0.717, 1.165) is 5.56 Å². The molecule has 118 valence electrons. The molecule has 6 nitrogen and oxygen atoms in total. The van der Waals surface area contributed by atoms with Gasteiger partial charge in [0.2, 0.25) is 5.91 Å². The Labute approximate surface area is 138 Å². The monoisotopic (exact) mass is 342 g/mol. The molecule has 2 aromatic rings. The summed E-state index contributed by atoms with van der Waals surface area (Å²) in [5.74, 6) is 0.174. The summed E-state index contributed by atoms with van der Waals surface area (Å²) >= 11 is 12.2. The van der Waals surface area contributed by atoms with Crippen LogP contribution in [0, 0.1) is 0 Å². The molecule has 0 fully saturated rings. The van der Waals surface area contributed by atoms with E-state index in [9.17, 15) is 4.79 Å². The Morgan fingerprint density at radius 3 is 2.95 bits per heavy atom. The molecule has 1 atom stereocenters. The first-order chi connectivity index (χ1) is 10.5. The summed E-state index contributed by atoms with van der Waals surface area (Å²) in [5, 5.41) is 7.82. The summed E-state index contributed by atoms with van der Waals surface area (Å²) in [6, 6.07) is 6.29. The van der Waals surface area contributed by atoms with Crippen LogP contribution in [0.4, 0.5) is 5.82 Å². The van der Waals surface area contributed by atoms with Gasteiger partial charge in [0.05, 0.1) is 29.4 Å². The van der Waals surface area contributed by atoms with Crippen molar-refractivity contribution in [2.45, 2.75) is 12.6 Å². The fourth-order valence-electron chi connectivity index (χ4n) is 1.87. The number of rotatable bonds is 6. The minimum absolute atomic E-state index is 0.139. The minimum atomic E-state index is -0.747. The molecule has 8 heteroatoms. The van der Waals surface area contributed by atoms with Gasteiger partial charge in [0.1, 0.15) is 11.9 Å². The number of amides is 1. The number of nitrogens with two attached hydrogens (primary N) is 1. The van der Waals surface area contributed by atoms with Gasteiger partial charge in [-0.25, -0.2) is 4.68 Å². The van der Waals surface area contributed by atoms with Crippen molar-refractivity contribution in [1.29, 1.82) is 0 Å². The molecule has 0 spiro atoms. The maximum atomic E-state index is 11.9. The van der Waals surface area contributed by atoms with Gasteiger partial charge in [0.15, 0.2) is 0 Å². The average molecular weight is 343 g/mol. The van der Waals surface area contributed by atoms with E-state index in [1.807, 2.05) is 6.07 Å². The fraction of sp³-hybridized carbons (Fsp3) is 0.286. The molecule has 0 radical (unpaired) electrons. The molecule has 0 aliphatic rings. The lowest BCUT2D eigenvalue weighted by molar-refractivity contribution is -0.118. The summed E-state index contributed by atoms with van der Waals surface area (Å²) in [5.41, 5.74) is 6.49. The number of carbonyl (C=O) groups is 1. The lowest BCUT2D eigenvalue weighted by Crippen LogP contribution is -2.39. The zero-order valence-electron chi connectivity index (χ0n) is 11.9. The second-order valence-corrected chi connectivity index (χ2v) is 5.42. The van der Waals surface area contributed by atoms with Gasteiger partial charge in [-0.3, -0.25) is 4.79 Å². The first kappa shape index (κ1) is 16.8. The molecular weight excluding hydrogens is 327 g/mol. The molecule has 0 aliphatic heterocycles. The second kappa shape index (κ2) is 7.60. The highest BCUT2D eigenvalue weighted by molar-refractivity contribution is 6.42. The molecule has 1 aromatic heterocycles. The summed E-state index contributed by atoms with van der Waals surface area (Å²) in [6.07, 6.45) is 1.58. The summed E-state index contributed by atoms with van der Waals surface area (Å²) < 4.78 is 6.46. The number of hydrogen-bond acceptors (Lipinski definition) is 4. The number of aromatic nitrogens is 2. The van der Waals surface area contributed by atoms with Gasteiger partial charge >= 0.3 is 0 Å². The number of methoxy groups -OCH3 is 1. The van der Waals surface area contributed by atoms with Crippen molar-refractivity contribution in [3.05, 3.63) is 46.1 Å². The van der Waals surface area contributed by atoms with Crippen LogP contribution in [0.5, 0.6) is 0 Å². The summed E-state index contributed by atoms with van der Waals surface area (Å²) in [7, 11) is 1.48. The van der Waals surface area contributed by atoms with Crippen LogP contribution in [0.3, 0.4) is 0 Å². The predicted molar refractivity (Wildman–Crippen MR) is 86.3 cm³/mol. The fourth-order valence-corrected chi connectivity index (χ4v) is 2.25. The molecule has 0 bridgehead atoms. The number of carbonyl (C=O) groups excluding carboxylic acids is 1. The number of ether oxygens (including phenoxy) is 1. The quantitative estimate of drug-likeness (QED) is 0.842. The van der Waals surface area contributed by atoms with Gasteiger partial charge in [0, 0.05) is 13.2 Å². The molecule has 1 heterocycles. The van der Waals surface area contributed by atoms with Crippen molar-refractivity contribution < 1.29 is 9.53 Å². The van der Waals surface area contributed by atoms with Gasteiger partial charge < -0.3 is 15.8 Å². The lowest BCUT2D eigenvalue weighted by atomic mass is 10.2. The van der Waals surface area contributed by atoms with Gasteiger partial charge in [-0.2, -0.15) is 5.10 Å². The molecule has 1 aromatic carbocycles. The standard InChI is InChI=1S/C14H16Cl2N4O2/c1-22-8-11(17)14(21)19-12-5-6-18-20(12)7-9-3-2-4-10(15)13(9)16/h2-6,11H,7-8,17H2,1H3,(H,19,21). The Morgan fingerprint density at radius 1 is 1.45 bits per heavy atom. The van der Waals surface area contributed by atoms with Gasteiger partial charge in [-0.15, -0.1) is 0 Å².